The van der Waals surface area contributed by atoms with Crippen molar-refractivity contribution in [1.82, 2.24) is 4.98 Å². The Morgan fingerprint density at radius 3 is 2.62 bits per heavy atom. The second kappa shape index (κ2) is 6.00. The monoisotopic (exact) mass is 409 g/mol. The van der Waals surface area contributed by atoms with E-state index in [4.69, 9.17) is 28.9 Å². The molecule has 0 aliphatic heterocycles. The van der Waals surface area contributed by atoms with Crippen molar-refractivity contribution in [1.29, 1.82) is 0 Å². The summed E-state index contributed by atoms with van der Waals surface area (Å²) in [5, 5.41) is 0.0710. The van der Waals surface area contributed by atoms with Crippen LogP contribution in [0, 0.1) is 6.92 Å². The molecule has 5 nitrogen and oxygen atoms in total. The number of aryl methyl sites for hydroxylation is 1. The number of anilines is 2. The molecule has 2 rings (SSSR count). The fourth-order valence-corrected chi connectivity index (χ4v) is 3.88. The van der Waals surface area contributed by atoms with E-state index in [9.17, 15) is 8.42 Å². The zero-order chi connectivity index (χ0) is 15.8. The molecule has 21 heavy (non-hydrogen) atoms. The minimum absolute atomic E-state index is 0.0155. The van der Waals surface area contributed by atoms with Gasteiger partial charge in [0.05, 0.1) is 15.7 Å². The van der Waals surface area contributed by atoms with Gasteiger partial charge < -0.3 is 5.73 Å². The number of aromatic nitrogens is 1. The third kappa shape index (κ3) is 3.42. The first-order valence-corrected chi connectivity index (χ1v) is 8.64. The molecule has 1 aromatic heterocycles. The van der Waals surface area contributed by atoms with Crippen LogP contribution >= 0.6 is 39.1 Å². The molecule has 0 aliphatic carbocycles. The second-order valence-electron chi connectivity index (χ2n) is 4.20. The lowest BCUT2D eigenvalue weighted by molar-refractivity contribution is 0.601. The Kier molecular flexibility index (Phi) is 4.67. The maximum absolute atomic E-state index is 12.4. The molecule has 0 aliphatic rings. The molecule has 3 N–H and O–H groups in total. The minimum atomic E-state index is -3.92. The van der Waals surface area contributed by atoms with Crippen LogP contribution in [0.15, 0.2) is 33.8 Å². The molecule has 0 saturated heterocycles. The normalized spacial score (nSPS) is 11.4. The number of nitrogens with two attached hydrogens (primary N) is 1. The lowest BCUT2D eigenvalue weighted by Gasteiger charge is -2.12. The zero-order valence-electron chi connectivity index (χ0n) is 10.7. The van der Waals surface area contributed by atoms with Gasteiger partial charge in [-0.25, -0.2) is 13.4 Å². The summed E-state index contributed by atoms with van der Waals surface area (Å²) in [6, 6.07) is 4.40. The molecule has 2 aromatic rings. The number of rotatable bonds is 3. The van der Waals surface area contributed by atoms with Gasteiger partial charge >= 0.3 is 0 Å². The van der Waals surface area contributed by atoms with Crippen molar-refractivity contribution in [3.63, 3.8) is 0 Å². The van der Waals surface area contributed by atoms with Gasteiger partial charge in [-0.3, -0.25) is 4.72 Å². The number of sulfonamides is 1. The molecular formula is C12H10BrCl2N3O2S. The molecule has 0 saturated carbocycles. The quantitative estimate of drug-likeness (QED) is 0.752. The molecule has 1 heterocycles. The molecule has 0 radical (unpaired) electrons. The van der Waals surface area contributed by atoms with E-state index < -0.39 is 10.0 Å². The lowest BCUT2D eigenvalue weighted by Crippen LogP contribution is -2.15. The van der Waals surface area contributed by atoms with Gasteiger partial charge in [-0.1, -0.05) is 23.2 Å². The van der Waals surface area contributed by atoms with Crippen LogP contribution in [0.5, 0.6) is 0 Å². The van der Waals surface area contributed by atoms with Gasteiger partial charge in [-0.15, -0.1) is 0 Å². The molecule has 0 fully saturated rings. The fourth-order valence-electron chi connectivity index (χ4n) is 1.59. The molecule has 112 valence electrons. The van der Waals surface area contributed by atoms with Crippen LogP contribution in [0.3, 0.4) is 0 Å². The summed E-state index contributed by atoms with van der Waals surface area (Å²) in [6.45, 7) is 1.73. The van der Waals surface area contributed by atoms with Crippen molar-refractivity contribution in [2.75, 3.05) is 10.5 Å². The van der Waals surface area contributed by atoms with Gasteiger partial charge in [-0.2, -0.15) is 0 Å². The van der Waals surface area contributed by atoms with E-state index in [0.29, 0.717) is 5.56 Å². The third-order valence-corrected chi connectivity index (χ3v) is 5.32. The topological polar surface area (TPSA) is 85.1 Å². The number of halogens is 3. The van der Waals surface area contributed by atoms with E-state index in [1.165, 1.54) is 18.3 Å². The number of benzene rings is 1. The number of pyridine rings is 1. The highest BCUT2D eigenvalue weighted by molar-refractivity contribution is 9.10. The van der Waals surface area contributed by atoms with Gasteiger partial charge in [-0.05, 0) is 46.6 Å². The highest BCUT2D eigenvalue weighted by atomic mass is 79.9. The Bertz CT molecular complexity index is 812. The number of hydrogen-bond acceptors (Lipinski definition) is 4. The van der Waals surface area contributed by atoms with Crippen LogP contribution in [0.2, 0.25) is 10.0 Å². The predicted molar refractivity (Wildman–Crippen MR) is 88.4 cm³/mol. The smallest absolute Gasteiger partial charge is 0.264 e. The lowest BCUT2D eigenvalue weighted by atomic mass is 10.3. The maximum Gasteiger partial charge on any atom is 0.264 e. The van der Waals surface area contributed by atoms with Crippen LogP contribution in [-0.4, -0.2) is 13.4 Å². The maximum atomic E-state index is 12.4. The van der Waals surface area contributed by atoms with E-state index in [2.05, 4.69) is 25.6 Å². The number of nitrogen functional groups attached to an aromatic ring is 1. The second-order valence-corrected chi connectivity index (χ2v) is 7.55. The van der Waals surface area contributed by atoms with Crippen molar-refractivity contribution in [2.24, 2.45) is 0 Å². The summed E-state index contributed by atoms with van der Waals surface area (Å²) in [7, 11) is -3.92. The first kappa shape index (κ1) is 16.4. The first-order valence-electron chi connectivity index (χ1n) is 5.61. The Morgan fingerprint density at radius 2 is 2.00 bits per heavy atom. The van der Waals surface area contributed by atoms with Crippen LogP contribution < -0.4 is 10.5 Å². The molecule has 9 heteroatoms. The molecule has 0 bridgehead atoms. The SMILES string of the molecule is Cc1cc(Br)cnc1NS(=O)(=O)c1ccc(Cl)c(N)c1Cl. The van der Waals surface area contributed by atoms with Gasteiger partial charge in [0.2, 0.25) is 0 Å². The van der Waals surface area contributed by atoms with Crippen molar-refractivity contribution in [3.05, 3.63) is 44.5 Å². The van der Waals surface area contributed by atoms with Crippen molar-refractivity contribution in [2.45, 2.75) is 11.8 Å². The van der Waals surface area contributed by atoms with Crippen LogP contribution in [0.25, 0.3) is 0 Å². The van der Waals surface area contributed by atoms with Crippen molar-refractivity contribution in [3.8, 4) is 0 Å². The van der Waals surface area contributed by atoms with E-state index in [0.717, 1.165) is 4.47 Å². The summed E-state index contributed by atoms with van der Waals surface area (Å²) in [4.78, 5) is 3.86. The third-order valence-electron chi connectivity index (χ3n) is 2.66. The first-order chi connectivity index (χ1) is 9.72. The van der Waals surface area contributed by atoms with Crippen molar-refractivity contribution < 1.29 is 8.42 Å². The fraction of sp³-hybridized carbons (Fsp3) is 0.0833. The largest absolute Gasteiger partial charge is 0.396 e. The molecule has 0 spiro atoms. The number of nitrogens with one attached hydrogen (secondary N) is 1. The molecule has 0 unspecified atom stereocenters. The predicted octanol–water partition coefficient (Wildman–Crippen LogP) is 3.84. The van der Waals surface area contributed by atoms with Gasteiger partial charge in [0.15, 0.2) is 0 Å². The highest BCUT2D eigenvalue weighted by Crippen LogP contribution is 2.34. The van der Waals surface area contributed by atoms with Crippen LogP contribution in [-0.2, 0) is 10.0 Å². The molecule has 1 aromatic carbocycles. The molecule has 0 atom stereocenters. The standard InChI is InChI=1S/C12H10BrCl2N3O2S/c1-6-4-7(13)5-17-12(6)18-21(19,20)9-3-2-8(14)11(16)10(9)15/h2-5H,16H2,1H3,(H,17,18). The summed E-state index contributed by atoms with van der Waals surface area (Å²) < 4.78 is 27.9. The van der Waals surface area contributed by atoms with Crippen LogP contribution in [0.4, 0.5) is 11.5 Å². The molecule has 0 amide bonds. The van der Waals surface area contributed by atoms with E-state index in [1.54, 1.807) is 13.0 Å². The average Bonchev–Trinajstić information content (AvgIpc) is 2.39. The number of nitrogens with zero attached hydrogens (tertiary/aromatic N) is 1. The van der Waals surface area contributed by atoms with E-state index in [1.807, 2.05) is 0 Å². The van der Waals surface area contributed by atoms with Crippen molar-refractivity contribution >= 4 is 60.7 Å². The summed E-state index contributed by atoms with van der Waals surface area (Å²) in [6.07, 6.45) is 1.49. The summed E-state index contributed by atoms with van der Waals surface area (Å²) in [5.41, 5.74) is 6.32. The minimum Gasteiger partial charge on any atom is -0.396 e. The number of hydrogen-bond donors (Lipinski definition) is 2. The van der Waals surface area contributed by atoms with Gasteiger partial charge in [0.1, 0.15) is 10.7 Å². The average molecular weight is 411 g/mol. The zero-order valence-corrected chi connectivity index (χ0v) is 14.6. The van der Waals surface area contributed by atoms with Gasteiger partial charge in [0.25, 0.3) is 10.0 Å². The summed E-state index contributed by atoms with van der Waals surface area (Å²) >= 11 is 15.0. The Hall–Kier alpha value is -1.02. The van der Waals surface area contributed by atoms with E-state index >= 15 is 0 Å². The highest BCUT2D eigenvalue weighted by Gasteiger charge is 2.22. The van der Waals surface area contributed by atoms with E-state index in [-0.39, 0.29) is 26.4 Å². The summed E-state index contributed by atoms with van der Waals surface area (Å²) in [5.74, 6) is 0.211. The molecular weight excluding hydrogens is 401 g/mol. The van der Waals surface area contributed by atoms with Gasteiger partial charge in [0, 0.05) is 10.7 Å². The van der Waals surface area contributed by atoms with Crippen LogP contribution in [0.1, 0.15) is 5.56 Å². The Labute approximate surface area is 140 Å². The Balaban J connectivity index is 2.46. The Morgan fingerprint density at radius 1 is 1.33 bits per heavy atom.